The molecule has 4 nitrogen and oxygen atoms in total. The average Bonchev–Trinajstić information content (AvgIpc) is 1.85. The van der Waals surface area contributed by atoms with Crippen molar-refractivity contribution < 1.29 is 14.7 Å². The Hall–Kier alpha value is -1.32. The molecule has 0 bridgehead atoms. The molecule has 0 aliphatic carbocycles. The van der Waals surface area contributed by atoms with Crippen LogP contribution < -0.4 is 5.32 Å². The van der Waals surface area contributed by atoms with Crippen LogP contribution in [0, 0.1) is 0 Å². The van der Waals surface area contributed by atoms with Crippen LogP contribution in [0.3, 0.4) is 0 Å². The summed E-state index contributed by atoms with van der Waals surface area (Å²) in [6, 6.07) is 0. The number of likely N-dealkylation sites (N-methyl/N-ethyl adjacent to an activating group) is 1. The highest BCUT2D eigenvalue weighted by molar-refractivity contribution is 5.93. The molecule has 0 saturated heterocycles. The number of rotatable bonds is 3. The summed E-state index contributed by atoms with van der Waals surface area (Å²) >= 11 is 0. The standard InChI is InChI=1S/C6H9NO3/c1-2-7-5(8)3-4-6(9)10/h3-4H,2H2,1H3,(H,7,8)(H,9,10)/b4-3+. The molecule has 0 rings (SSSR count). The van der Waals surface area contributed by atoms with Crippen LogP contribution >= 0.6 is 0 Å². The Balaban J connectivity index is 3.67. The van der Waals surface area contributed by atoms with Crippen molar-refractivity contribution in [2.45, 2.75) is 6.92 Å². The summed E-state index contributed by atoms with van der Waals surface area (Å²) < 4.78 is 0. The summed E-state index contributed by atoms with van der Waals surface area (Å²) in [6.45, 7) is 2.26. The smallest absolute Gasteiger partial charge is 0.328 e. The number of aliphatic carboxylic acids is 1. The van der Waals surface area contributed by atoms with Crippen LogP contribution in [0.25, 0.3) is 0 Å². The summed E-state index contributed by atoms with van der Waals surface area (Å²) in [5.41, 5.74) is 0. The maximum Gasteiger partial charge on any atom is 0.328 e. The molecule has 1 amide bonds. The highest BCUT2D eigenvalue weighted by atomic mass is 16.4. The third-order valence-electron chi connectivity index (χ3n) is 0.728. The molecule has 0 radical (unpaired) electrons. The lowest BCUT2D eigenvalue weighted by molar-refractivity contribution is -0.131. The molecule has 0 aliphatic rings. The first-order chi connectivity index (χ1) is 4.66. The Labute approximate surface area is 58.5 Å². The Morgan fingerprint density at radius 2 is 2.10 bits per heavy atom. The quantitative estimate of drug-likeness (QED) is 0.536. The van der Waals surface area contributed by atoms with Gasteiger partial charge in [-0.1, -0.05) is 0 Å². The van der Waals surface area contributed by atoms with Gasteiger partial charge in [0, 0.05) is 18.7 Å². The van der Waals surface area contributed by atoms with Crippen LogP contribution in [-0.2, 0) is 9.59 Å². The molecule has 10 heavy (non-hydrogen) atoms. The molecule has 0 saturated carbocycles. The van der Waals surface area contributed by atoms with Crippen LogP contribution in [0.4, 0.5) is 0 Å². The second-order valence-electron chi connectivity index (χ2n) is 1.57. The Kier molecular flexibility index (Phi) is 3.95. The summed E-state index contributed by atoms with van der Waals surface area (Å²) in [5, 5.41) is 10.5. The Morgan fingerprint density at radius 3 is 2.50 bits per heavy atom. The number of carboxylic acid groups (broad SMARTS) is 1. The van der Waals surface area contributed by atoms with Crippen LogP contribution in [0.15, 0.2) is 12.2 Å². The van der Waals surface area contributed by atoms with E-state index in [0.29, 0.717) is 6.54 Å². The monoisotopic (exact) mass is 143 g/mol. The minimum absolute atomic E-state index is 0.384. The van der Waals surface area contributed by atoms with E-state index < -0.39 is 5.97 Å². The first kappa shape index (κ1) is 8.68. The van der Waals surface area contributed by atoms with Gasteiger partial charge in [-0.15, -0.1) is 0 Å². The van der Waals surface area contributed by atoms with Crippen molar-refractivity contribution in [1.82, 2.24) is 5.32 Å². The van der Waals surface area contributed by atoms with Gasteiger partial charge in [-0.25, -0.2) is 4.79 Å². The molecule has 0 fully saturated rings. The van der Waals surface area contributed by atoms with Gasteiger partial charge in [-0.2, -0.15) is 0 Å². The first-order valence-corrected chi connectivity index (χ1v) is 2.85. The number of nitrogens with one attached hydrogen (secondary N) is 1. The number of carbonyl (C=O) groups excluding carboxylic acids is 1. The molecule has 0 aromatic heterocycles. The zero-order valence-electron chi connectivity index (χ0n) is 5.63. The zero-order chi connectivity index (χ0) is 7.98. The molecule has 0 aliphatic heterocycles. The maximum atomic E-state index is 10.5. The largest absolute Gasteiger partial charge is 0.478 e. The van der Waals surface area contributed by atoms with Crippen molar-refractivity contribution in [2.24, 2.45) is 0 Å². The number of hydrogen-bond donors (Lipinski definition) is 2. The number of carboxylic acids is 1. The molecular formula is C6H9NO3. The average molecular weight is 143 g/mol. The predicted molar refractivity (Wildman–Crippen MR) is 35.5 cm³/mol. The molecule has 0 spiro atoms. The lowest BCUT2D eigenvalue weighted by Gasteiger charge is -1.91. The van der Waals surface area contributed by atoms with Crippen molar-refractivity contribution in [2.75, 3.05) is 6.54 Å². The molecule has 4 heteroatoms. The van der Waals surface area contributed by atoms with Crippen molar-refractivity contribution in [3.8, 4) is 0 Å². The highest BCUT2D eigenvalue weighted by Gasteiger charge is 1.91. The van der Waals surface area contributed by atoms with Gasteiger partial charge in [0.2, 0.25) is 5.91 Å². The van der Waals surface area contributed by atoms with Crippen molar-refractivity contribution >= 4 is 11.9 Å². The van der Waals surface area contributed by atoms with Gasteiger partial charge in [0.15, 0.2) is 0 Å². The van der Waals surface area contributed by atoms with Gasteiger partial charge >= 0.3 is 5.97 Å². The number of hydrogen-bond acceptors (Lipinski definition) is 2. The molecule has 2 N–H and O–H groups in total. The zero-order valence-corrected chi connectivity index (χ0v) is 5.63. The van der Waals surface area contributed by atoms with Crippen LogP contribution in [0.2, 0.25) is 0 Å². The second kappa shape index (κ2) is 4.55. The Morgan fingerprint density at radius 1 is 1.50 bits per heavy atom. The highest BCUT2D eigenvalue weighted by Crippen LogP contribution is 1.72. The van der Waals surface area contributed by atoms with Gasteiger partial charge in [-0.05, 0) is 6.92 Å². The number of amides is 1. The van der Waals surface area contributed by atoms with Crippen molar-refractivity contribution in [1.29, 1.82) is 0 Å². The third kappa shape index (κ3) is 4.83. The summed E-state index contributed by atoms with van der Waals surface area (Å²) in [4.78, 5) is 20.3. The van der Waals surface area contributed by atoms with E-state index in [0.717, 1.165) is 12.2 Å². The number of carbonyl (C=O) groups is 2. The van der Waals surface area contributed by atoms with E-state index in [9.17, 15) is 9.59 Å². The fraction of sp³-hybridized carbons (Fsp3) is 0.333. The van der Waals surface area contributed by atoms with Crippen molar-refractivity contribution in [3.05, 3.63) is 12.2 Å². The second-order valence-corrected chi connectivity index (χ2v) is 1.57. The maximum absolute atomic E-state index is 10.5. The summed E-state index contributed by atoms with van der Waals surface area (Å²) in [5.74, 6) is -1.50. The van der Waals surface area contributed by atoms with Gasteiger partial charge in [0.1, 0.15) is 0 Å². The predicted octanol–water partition coefficient (Wildman–Crippen LogP) is -0.237. The van der Waals surface area contributed by atoms with Gasteiger partial charge < -0.3 is 10.4 Å². The van der Waals surface area contributed by atoms with E-state index >= 15 is 0 Å². The normalized spacial score (nSPS) is 9.70. The lowest BCUT2D eigenvalue weighted by Crippen LogP contribution is -2.20. The Bertz CT molecular complexity index is 162. The molecule has 0 unspecified atom stereocenters. The molecule has 0 atom stereocenters. The van der Waals surface area contributed by atoms with Crippen LogP contribution in [0.5, 0.6) is 0 Å². The van der Waals surface area contributed by atoms with E-state index in [1.54, 1.807) is 6.92 Å². The fourth-order valence-electron chi connectivity index (χ4n) is 0.380. The molecular weight excluding hydrogens is 134 g/mol. The minimum Gasteiger partial charge on any atom is -0.478 e. The van der Waals surface area contributed by atoms with Gasteiger partial charge in [-0.3, -0.25) is 4.79 Å². The topological polar surface area (TPSA) is 66.4 Å². The molecule has 0 aromatic carbocycles. The van der Waals surface area contributed by atoms with E-state index in [-0.39, 0.29) is 5.91 Å². The lowest BCUT2D eigenvalue weighted by atomic mass is 10.4. The van der Waals surface area contributed by atoms with E-state index in [4.69, 9.17) is 5.11 Å². The SMILES string of the molecule is CCNC(=O)/C=C/C(=O)O. The van der Waals surface area contributed by atoms with E-state index in [1.165, 1.54) is 0 Å². The first-order valence-electron chi connectivity index (χ1n) is 2.85. The molecule has 56 valence electrons. The van der Waals surface area contributed by atoms with Gasteiger partial charge in [0.25, 0.3) is 0 Å². The summed E-state index contributed by atoms with van der Waals surface area (Å²) in [7, 11) is 0. The van der Waals surface area contributed by atoms with Crippen LogP contribution in [-0.4, -0.2) is 23.5 Å². The summed E-state index contributed by atoms with van der Waals surface area (Å²) in [6.07, 6.45) is 1.77. The minimum atomic E-state index is -1.12. The van der Waals surface area contributed by atoms with Crippen LogP contribution in [0.1, 0.15) is 6.92 Å². The fourth-order valence-corrected chi connectivity index (χ4v) is 0.380. The molecule has 0 aromatic rings. The van der Waals surface area contributed by atoms with Crippen molar-refractivity contribution in [3.63, 3.8) is 0 Å². The molecule has 0 heterocycles. The third-order valence-corrected chi connectivity index (χ3v) is 0.728. The van der Waals surface area contributed by atoms with E-state index in [2.05, 4.69) is 5.32 Å². The van der Waals surface area contributed by atoms with E-state index in [1.807, 2.05) is 0 Å². The van der Waals surface area contributed by atoms with Gasteiger partial charge in [0.05, 0.1) is 0 Å².